The van der Waals surface area contributed by atoms with Crippen LogP contribution in [0.3, 0.4) is 0 Å². The van der Waals surface area contributed by atoms with Crippen LogP contribution in [0, 0.1) is 17.7 Å². The van der Waals surface area contributed by atoms with Crippen molar-refractivity contribution in [2.45, 2.75) is 132 Å². The van der Waals surface area contributed by atoms with E-state index in [1.165, 1.54) is 7.11 Å². The molecule has 30 heteroatoms. The maximum Gasteiger partial charge on any atom is 0.332 e. The molecule has 0 bridgehead atoms. The number of rotatable bonds is 22. The molecule has 7 amide bonds. The number of aromatic amines is 1. The largest absolute Gasteiger partial charge is 0.480 e. The molecule has 414 valence electrons. The highest BCUT2D eigenvalue weighted by molar-refractivity contribution is 6.21. The predicted molar refractivity (Wildman–Crippen MR) is 257 cm³/mol. The van der Waals surface area contributed by atoms with Crippen molar-refractivity contribution in [3.63, 3.8) is 0 Å². The zero-order valence-electron chi connectivity index (χ0n) is 41.5. The number of aliphatic carboxylic acids is 1. The SMILES string of the molecule is CO[C@H]1C(O[C@H](C2C(=O)N(c3ccc(F)cc3)C(=O)N2CCCNC(=O)C(NC(=O)C(NC(=O)NC(C(=O)O)C(C)C)C2CCN=C(N)N2)C(O)C(C)C)[C@H]2O[C@@H](n3ccc(=O)[nH]c3=O)[C@H](O)[C@@H]2O)O[C@H](CN)[C@@H]1O. The molecule has 1 aromatic heterocycles. The number of nitrogens with zero attached hydrogens (tertiary/aromatic N) is 4. The molecule has 3 fully saturated rings. The third-order valence-corrected chi connectivity index (χ3v) is 13.2. The first-order valence-corrected chi connectivity index (χ1v) is 24.1. The number of guanidine groups is 1. The fraction of sp³-hybridized carbons (Fsp3) is 0.622. The number of methoxy groups -OCH3 is 1. The van der Waals surface area contributed by atoms with Gasteiger partial charge in [-0.25, -0.2) is 28.5 Å². The lowest BCUT2D eigenvalue weighted by atomic mass is 9.97. The zero-order chi connectivity index (χ0) is 55.2. The van der Waals surface area contributed by atoms with Crippen LogP contribution < -0.4 is 54.2 Å². The van der Waals surface area contributed by atoms with Gasteiger partial charge in [-0.3, -0.25) is 33.7 Å². The van der Waals surface area contributed by atoms with Crippen LogP contribution in [0.25, 0.3) is 0 Å². The monoisotopic (exact) mass is 1060 g/mol. The van der Waals surface area contributed by atoms with Crippen molar-refractivity contribution in [3.05, 3.63) is 63.2 Å². The first-order chi connectivity index (χ1) is 35.5. The van der Waals surface area contributed by atoms with Crippen LogP contribution in [0.2, 0.25) is 0 Å². The number of ether oxygens (including phenoxy) is 4. The molecule has 2 aromatic rings. The molecular formula is C45H65FN12O17. The van der Waals surface area contributed by atoms with E-state index in [9.17, 15) is 68.3 Å². The number of nitrogens with one attached hydrogen (secondary N) is 6. The Balaban J connectivity index is 1.28. The second-order valence-electron chi connectivity index (χ2n) is 19.0. The first kappa shape index (κ1) is 57.6. The number of carboxylic acids is 1. The molecule has 15 N–H and O–H groups in total. The summed E-state index contributed by atoms with van der Waals surface area (Å²) in [6.07, 6.45) is -15.4. The number of benzene rings is 1. The summed E-state index contributed by atoms with van der Waals surface area (Å²) in [7, 11) is 1.21. The molecule has 7 unspecified atom stereocenters. The fourth-order valence-electron chi connectivity index (χ4n) is 9.12. The number of hydrogen-bond donors (Lipinski definition) is 13. The topological polar surface area (TPSA) is 426 Å². The van der Waals surface area contributed by atoms with Crippen molar-refractivity contribution in [1.29, 1.82) is 0 Å². The molecule has 15 atom stereocenters. The van der Waals surface area contributed by atoms with Crippen LogP contribution in [0.1, 0.15) is 46.8 Å². The molecule has 4 aliphatic heterocycles. The minimum Gasteiger partial charge on any atom is -0.480 e. The van der Waals surface area contributed by atoms with Crippen molar-refractivity contribution in [1.82, 2.24) is 41.0 Å². The van der Waals surface area contributed by atoms with Crippen LogP contribution >= 0.6 is 0 Å². The van der Waals surface area contributed by atoms with Crippen LogP contribution in [0.5, 0.6) is 0 Å². The third-order valence-electron chi connectivity index (χ3n) is 13.2. The number of hydrogen-bond acceptors (Lipinski definition) is 20. The van der Waals surface area contributed by atoms with Gasteiger partial charge in [0.2, 0.25) is 11.8 Å². The summed E-state index contributed by atoms with van der Waals surface area (Å²) in [5.41, 5.74) is 9.76. The van der Waals surface area contributed by atoms with Gasteiger partial charge in [-0.1, -0.05) is 27.7 Å². The fourth-order valence-corrected chi connectivity index (χ4v) is 9.12. The van der Waals surface area contributed by atoms with Gasteiger partial charge in [0.15, 0.2) is 18.5 Å². The summed E-state index contributed by atoms with van der Waals surface area (Å²) in [4.78, 5) is 115. The van der Waals surface area contributed by atoms with Gasteiger partial charge in [-0.2, -0.15) is 0 Å². The maximum absolute atomic E-state index is 14.8. The Hall–Kier alpha value is -6.64. The molecule has 4 aliphatic rings. The number of aromatic nitrogens is 2. The molecule has 0 saturated carbocycles. The van der Waals surface area contributed by atoms with E-state index in [-0.39, 0.29) is 44.1 Å². The zero-order valence-corrected chi connectivity index (χ0v) is 41.5. The molecule has 1 aromatic carbocycles. The molecule has 0 radical (unpaired) electrons. The number of H-pyrrole nitrogens is 1. The number of urea groups is 2. The normalized spacial score (nSPS) is 27.8. The highest BCUT2D eigenvalue weighted by Gasteiger charge is 2.59. The van der Waals surface area contributed by atoms with Gasteiger partial charge >= 0.3 is 23.7 Å². The van der Waals surface area contributed by atoms with E-state index in [2.05, 4.69) is 31.6 Å². The Labute approximate surface area is 427 Å². The highest BCUT2D eigenvalue weighted by atomic mass is 19.1. The predicted octanol–water partition coefficient (Wildman–Crippen LogP) is -4.96. The number of anilines is 1. The van der Waals surface area contributed by atoms with Crippen LogP contribution in [0.4, 0.5) is 19.7 Å². The molecule has 0 aliphatic carbocycles. The second-order valence-corrected chi connectivity index (χ2v) is 19.0. The average molecular weight is 1070 g/mol. The van der Waals surface area contributed by atoms with Gasteiger partial charge in [-0.05, 0) is 48.9 Å². The molecule has 3 saturated heterocycles. The molecule has 0 spiro atoms. The quantitative estimate of drug-likeness (QED) is 0.0388. The van der Waals surface area contributed by atoms with Crippen LogP contribution in [-0.2, 0) is 38.1 Å². The Morgan fingerprint density at radius 2 is 1.63 bits per heavy atom. The Morgan fingerprint density at radius 1 is 0.933 bits per heavy atom. The molecule has 29 nitrogen and oxygen atoms in total. The van der Waals surface area contributed by atoms with Gasteiger partial charge in [0.25, 0.3) is 11.5 Å². The molecule has 5 heterocycles. The van der Waals surface area contributed by atoms with Gasteiger partial charge < -0.3 is 87.4 Å². The standard InChI is InChI=1S/C45H65FN12O17/c1-18(2)25(40(67)68)54-43(69)55-26(22-11-14-50-42(48)51-22)37(65)53-27(29(60)19(3)4)36(64)49-13-6-15-56-28(38(66)58(45(56)71)21-9-7-20(46)8-10-21)33(75-41-35(72-5)30(61)23(17-47)73-41)34-31(62)32(63)39(74-34)57-16-12-24(59)52-44(57)70/h7-10,12,16,18-19,22-23,25-35,39,41,60-63H,6,11,13-15,17,47H2,1-5H3,(H,49,64)(H,53,65)(H,67,68)(H3,48,50,51)(H,52,59,70)(H2,54,55,69)/t22?,23-,25?,26?,27?,28?,29?,30+,31+,32-,33-,34+,35-,39-,41?/m1/s1. The van der Waals surface area contributed by atoms with Crippen molar-refractivity contribution in [2.24, 2.45) is 28.3 Å². The molecule has 75 heavy (non-hydrogen) atoms. The summed E-state index contributed by atoms with van der Waals surface area (Å²) >= 11 is 0. The van der Waals surface area contributed by atoms with Crippen molar-refractivity contribution in [2.75, 3.05) is 38.2 Å². The van der Waals surface area contributed by atoms with Gasteiger partial charge in [0.05, 0.1) is 17.8 Å². The smallest absolute Gasteiger partial charge is 0.332 e. The van der Waals surface area contributed by atoms with E-state index in [1.54, 1.807) is 27.7 Å². The Bertz CT molecular complexity index is 2530. The van der Waals surface area contributed by atoms with Crippen LogP contribution in [0.15, 0.2) is 51.1 Å². The number of amides is 7. The van der Waals surface area contributed by atoms with Gasteiger partial charge in [0, 0.05) is 45.6 Å². The lowest BCUT2D eigenvalue weighted by molar-refractivity contribution is -0.232. The second kappa shape index (κ2) is 24.8. The minimum atomic E-state index is -2.01. The number of carbonyl (C=O) groups is 6. The van der Waals surface area contributed by atoms with Crippen molar-refractivity contribution in [3.8, 4) is 0 Å². The number of aliphatic hydroxyl groups is 4. The minimum absolute atomic E-state index is 0.0612. The summed E-state index contributed by atoms with van der Waals surface area (Å²) < 4.78 is 38.8. The van der Waals surface area contributed by atoms with Gasteiger partial charge in [-0.15, -0.1) is 0 Å². The number of aliphatic hydroxyl groups excluding tert-OH is 4. The molecule has 6 rings (SSSR count). The van der Waals surface area contributed by atoms with E-state index in [0.717, 1.165) is 46.0 Å². The van der Waals surface area contributed by atoms with Crippen molar-refractivity contribution >= 4 is 47.4 Å². The first-order valence-electron chi connectivity index (χ1n) is 24.1. The lowest BCUT2D eigenvalue weighted by Crippen LogP contribution is -2.66. The summed E-state index contributed by atoms with van der Waals surface area (Å²) in [5.74, 6) is -6.29. The maximum atomic E-state index is 14.8. The van der Waals surface area contributed by atoms with E-state index in [1.807, 2.05) is 4.98 Å². The summed E-state index contributed by atoms with van der Waals surface area (Å²) in [6.45, 7) is 5.38. The lowest BCUT2D eigenvalue weighted by Gasteiger charge is -2.36. The highest BCUT2D eigenvalue weighted by Crippen LogP contribution is 2.38. The Morgan fingerprint density at radius 3 is 2.23 bits per heavy atom. The number of nitrogens with two attached hydrogens (primary N) is 2. The number of imide groups is 1. The number of halogens is 1. The number of aliphatic imine (C=N–C) groups is 1. The van der Waals surface area contributed by atoms with Gasteiger partial charge in [0.1, 0.15) is 72.7 Å². The average Bonchev–Trinajstić information content (AvgIpc) is 3.92. The van der Waals surface area contributed by atoms with E-state index >= 15 is 0 Å². The summed E-state index contributed by atoms with van der Waals surface area (Å²) in [6, 6.07) is -4.19. The van der Waals surface area contributed by atoms with E-state index in [0.29, 0.717) is 4.90 Å². The van der Waals surface area contributed by atoms with Crippen molar-refractivity contribution < 1.29 is 77.6 Å². The third kappa shape index (κ3) is 12.9. The van der Waals surface area contributed by atoms with Crippen LogP contribution in [-0.4, -0.2) is 200 Å². The van der Waals surface area contributed by atoms with E-state index in [4.69, 9.17) is 30.4 Å². The van der Waals surface area contributed by atoms with E-state index < -0.39 is 163 Å². The Kier molecular flexibility index (Phi) is 19.1. The number of carboxylic acid groups (broad SMARTS) is 1. The molecular weight excluding hydrogens is 1000 g/mol. The number of carbonyl (C=O) groups excluding carboxylic acids is 5. The summed E-state index contributed by atoms with van der Waals surface area (Å²) in [5, 5.41) is 67.6.